The summed E-state index contributed by atoms with van der Waals surface area (Å²) in [5, 5.41) is 5.23. The zero-order valence-corrected chi connectivity index (χ0v) is 12.5. The van der Waals surface area contributed by atoms with Gasteiger partial charge in [-0.05, 0) is 24.2 Å². The van der Waals surface area contributed by atoms with Gasteiger partial charge in [-0.15, -0.1) is 0 Å². The van der Waals surface area contributed by atoms with E-state index in [1.807, 2.05) is 13.1 Å². The molecule has 3 aromatic rings. The Hall–Kier alpha value is -2.14. The first-order chi connectivity index (χ1) is 10.3. The SMILES string of the molecule is CCc1noc(CN(CC)Cc2cccc3[nH]ccc23)n1. The molecule has 0 atom stereocenters. The number of aryl methyl sites for hydroxylation is 1. The van der Waals surface area contributed by atoms with Gasteiger partial charge in [-0.2, -0.15) is 4.98 Å². The number of aromatic nitrogens is 3. The highest BCUT2D eigenvalue weighted by Crippen LogP contribution is 2.19. The Balaban J connectivity index is 1.76. The number of nitrogens with zero attached hydrogens (tertiary/aromatic N) is 3. The molecule has 3 rings (SSSR count). The molecule has 0 spiro atoms. The van der Waals surface area contributed by atoms with Crippen LogP contribution in [0.3, 0.4) is 0 Å². The minimum atomic E-state index is 0.685. The summed E-state index contributed by atoms with van der Waals surface area (Å²) in [6.45, 7) is 6.66. The average Bonchev–Trinajstić information content (AvgIpc) is 3.15. The van der Waals surface area contributed by atoms with Crippen molar-refractivity contribution in [1.82, 2.24) is 20.0 Å². The molecule has 0 saturated heterocycles. The van der Waals surface area contributed by atoms with Crippen molar-refractivity contribution in [2.45, 2.75) is 33.4 Å². The number of hydrogen-bond donors (Lipinski definition) is 1. The summed E-state index contributed by atoms with van der Waals surface area (Å²) in [4.78, 5) is 9.94. The lowest BCUT2D eigenvalue weighted by Crippen LogP contribution is -2.22. The van der Waals surface area contributed by atoms with Crippen molar-refractivity contribution in [3.05, 3.63) is 47.7 Å². The molecule has 2 aromatic heterocycles. The maximum absolute atomic E-state index is 5.29. The third kappa shape index (κ3) is 2.97. The van der Waals surface area contributed by atoms with Gasteiger partial charge in [0.05, 0.1) is 6.54 Å². The number of fused-ring (bicyclic) bond motifs is 1. The van der Waals surface area contributed by atoms with Gasteiger partial charge in [0.25, 0.3) is 0 Å². The number of hydrogen-bond acceptors (Lipinski definition) is 4. The molecule has 2 heterocycles. The van der Waals surface area contributed by atoms with Gasteiger partial charge < -0.3 is 9.51 Å². The predicted octanol–water partition coefficient (Wildman–Crippen LogP) is 3.14. The maximum Gasteiger partial charge on any atom is 0.240 e. The Labute approximate surface area is 124 Å². The molecule has 110 valence electrons. The van der Waals surface area contributed by atoms with Crippen LogP contribution in [0.5, 0.6) is 0 Å². The summed E-state index contributed by atoms with van der Waals surface area (Å²) in [6.07, 6.45) is 2.79. The highest BCUT2D eigenvalue weighted by atomic mass is 16.5. The monoisotopic (exact) mass is 284 g/mol. The Bertz CT molecular complexity index is 716. The summed E-state index contributed by atoms with van der Waals surface area (Å²) < 4.78 is 5.29. The molecule has 5 nitrogen and oxygen atoms in total. The van der Waals surface area contributed by atoms with Gasteiger partial charge in [0.15, 0.2) is 5.82 Å². The van der Waals surface area contributed by atoms with E-state index < -0.39 is 0 Å². The van der Waals surface area contributed by atoms with Crippen LogP contribution in [-0.4, -0.2) is 26.6 Å². The van der Waals surface area contributed by atoms with Crippen LogP contribution in [0.4, 0.5) is 0 Å². The predicted molar refractivity (Wildman–Crippen MR) is 81.8 cm³/mol. The van der Waals surface area contributed by atoms with Crippen LogP contribution < -0.4 is 0 Å². The van der Waals surface area contributed by atoms with Gasteiger partial charge in [0.1, 0.15) is 0 Å². The summed E-state index contributed by atoms with van der Waals surface area (Å²) in [5.74, 6) is 1.46. The van der Waals surface area contributed by atoms with Crippen LogP contribution in [0.1, 0.15) is 31.1 Å². The van der Waals surface area contributed by atoms with E-state index in [-0.39, 0.29) is 0 Å². The molecule has 5 heteroatoms. The van der Waals surface area contributed by atoms with Gasteiger partial charge in [-0.25, -0.2) is 0 Å². The molecule has 0 unspecified atom stereocenters. The van der Waals surface area contributed by atoms with Crippen LogP contribution in [0, 0.1) is 0 Å². The third-order valence-corrected chi connectivity index (χ3v) is 3.71. The fourth-order valence-electron chi connectivity index (χ4n) is 2.50. The molecule has 0 fully saturated rings. The number of benzene rings is 1. The number of rotatable bonds is 6. The third-order valence-electron chi connectivity index (χ3n) is 3.71. The number of H-pyrrole nitrogens is 1. The second-order valence-corrected chi connectivity index (χ2v) is 5.12. The molecule has 0 aliphatic heterocycles. The zero-order chi connectivity index (χ0) is 14.7. The molecule has 0 amide bonds. The zero-order valence-electron chi connectivity index (χ0n) is 12.5. The lowest BCUT2D eigenvalue weighted by molar-refractivity contribution is 0.229. The first-order valence-corrected chi connectivity index (χ1v) is 7.39. The molecule has 0 aliphatic rings. The van der Waals surface area contributed by atoms with E-state index in [0.717, 1.165) is 25.3 Å². The molecule has 1 N–H and O–H groups in total. The van der Waals surface area contributed by atoms with Crippen LogP contribution in [0.2, 0.25) is 0 Å². The molecular formula is C16H20N4O. The maximum atomic E-state index is 5.29. The second-order valence-electron chi connectivity index (χ2n) is 5.12. The van der Waals surface area contributed by atoms with Crippen molar-refractivity contribution in [2.75, 3.05) is 6.54 Å². The smallest absolute Gasteiger partial charge is 0.240 e. The molecule has 0 radical (unpaired) electrons. The van der Waals surface area contributed by atoms with E-state index >= 15 is 0 Å². The molecule has 0 saturated carbocycles. The molecule has 21 heavy (non-hydrogen) atoms. The molecule has 0 aliphatic carbocycles. The second kappa shape index (κ2) is 6.10. The standard InChI is InChI=1S/C16H20N4O/c1-3-15-18-16(21-19-15)11-20(4-2)10-12-6-5-7-14-13(12)8-9-17-14/h5-9,17H,3-4,10-11H2,1-2H3. The van der Waals surface area contributed by atoms with Crippen LogP contribution >= 0.6 is 0 Å². The minimum absolute atomic E-state index is 0.685. The molecule has 0 bridgehead atoms. The fourth-order valence-corrected chi connectivity index (χ4v) is 2.50. The van der Waals surface area contributed by atoms with E-state index in [9.17, 15) is 0 Å². The van der Waals surface area contributed by atoms with Crippen molar-refractivity contribution in [1.29, 1.82) is 0 Å². The van der Waals surface area contributed by atoms with Gasteiger partial charge >= 0.3 is 0 Å². The van der Waals surface area contributed by atoms with E-state index in [2.05, 4.69) is 51.2 Å². The van der Waals surface area contributed by atoms with E-state index in [4.69, 9.17) is 4.52 Å². The first kappa shape index (κ1) is 13.8. The average molecular weight is 284 g/mol. The van der Waals surface area contributed by atoms with Crippen LogP contribution in [-0.2, 0) is 19.5 Å². The Morgan fingerprint density at radius 2 is 2.10 bits per heavy atom. The normalized spacial score (nSPS) is 11.6. The molecule has 1 aromatic carbocycles. The summed E-state index contributed by atoms with van der Waals surface area (Å²) in [7, 11) is 0. The summed E-state index contributed by atoms with van der Waals surface area (Å²) in [6, 6.07) is 8.48. The van der Waals surface area contributed by atoms with Crippen LogP contribution in [0.15, 0.2) is 35.0 Å². The van der Waals surface area contributed by atoms with E-state index in [1.165, 1.54) is 16.5 Å². The van der Waals surface area contributed by atoms with Crippen molar-refractivity contribution >= 4 is 10.9 Å². The minimum Gasteiger partial charge on any atom is -0.361 e. The van der Waals surface area contributed by atoms with Gasteiger partial charge in [0, 0.05) is 30.1 Å². The van der Waals surface area contributed by atoms with Crippen molar-refractivity contribution in [3.8, 4) is 0 Å². The van der Waals surface area contributed by atoms with E-state index in [1.54, 1.807) is 0 Å². The fraction of sp³-hybridized carbons (Fsp3) is 0.375. The number of aromatic amines is 1. The quantitative estimate of drug-likeness (QED) is 0.755. The Morgan fingerprint density at radius 3 is 2.86 bits per heavy atom. The topological polar surface area (TPSA) is 58.0 Å². The summed E-state index contributed by atoms with van der Waals surface area (Å²) in [5.41, 5.74) is 2.49. The largest absolute Gasteiger partial charge is 0.361 e. The van der Waals surface area contributed by atoms with E-state index in [0.29, 0.717) is 12.4 Å². The highest BCUT2D eigenvalue weighted by Gasteiger charge is 2.12. The van der Waals surface area contributed by atoms with Crippen molar-refractivity contribution < 1.29 is 4.52 Å². The van der Waals surface area contributed by atoms with Gasteiger partial charge in [-0.1, -0.05) is 31.1 Å². The van der Waals surface area contributed by atoms with Crippen molar-refractivity contribution in [2.24, 2.45) is 0 Å². The Morgan fingerprint density at radius 1 is 1.19 bits per heavy atom. The van der Waals surface area contributed by atoms with Crippen molar-refractivity contribution in [3.63, 3.8) is 0 Å². The Kier molecular flexibility index (Phi) is 4.01. The lowest BCUT2D eigenvalue weighted by Gasteiger charge is -2.18. The lowest BCUT2D eigenvalue weighted by atomic mass is 10.1. The molecular weight excluding hydrogens is 264 g/mol. The summed E-state index contributed by atoms with van der Waals surface area (Å²) >= 11 is 0. The first-order valence-electron chi connectivity index (χ1n) is 7.39. The number of nitrogens with one attached hydrogen (secondary N) is 1. The van der Waals surface area contributed by atoms with Gasteiger partial charge in [0.2, 0.25) is 5.89 Å². The van der Waals surface area contributed by atoms with Gasteiger partial charge in [-0.3, -0.25) is 4.90 Å². The van der Waals surface area contributed by atoms with Crippen LogP contribution in [0.25, 0.3) is 10.9 Å². The highest BCUT2D eigenvalue weighted by molar-refractivity contribution is 5.82.